The van der Waals surface area contributed by atoms with Gasteiger partial charge < -0.3 is 0 Å². The average molecular weight is 277 g/mol. The fourth-order valence-electron chi connectivity index (χ4n) is 1.32. The van der Waals surface area contributed by atoms with Gasteiger partial charge in [0.1, 0.15) is 0 Å². The fourth-order valence-corrected chi connectivity index (χ4v) is 2.86. The van der Waals surface area contributed by atoms with Crippen molar-refractivity contribution in [2.75, 3.05) is 0 Å². The van der Waals surface area contributed by atoms with Crippen LogP contribution in [0.5, 0.6) is 0 Å². The molecule has 1 rings (SSSR count). The predicted octanol–water partition coefficient (Wildman–Crippen LogP) is 3.45. The van der Waals surface area contributed by atoms with Crippen molar-refractivity contribution in [3.63, 3.8) is 0 Å². The summed E-state index contributed by atoms with van der Waals surface area (Å²) < 4.78 is 1.14. The highest BCUT2D eigenvalue weighted by atomic mass is 79.9. The van der Waals surface area contributed by atoms with Gasteiger partial charge in [-0.3, -0.25) is 11.3 Å². The molecule has 80 valence electrons. The van der Waals surface area contributed by atoms with Crippen molar-refractivity contribution < 1.29 is 0 Å². The molecule has 0 fully saturated rings. The molecule has 0 radical (unpaired) electrons. The van der Waals surface area contributed by atoms with Crippen molar-refractivity contribution >= 4 is 27.3 Å². The molecule has 4 heteroatoms. The lowest BCUT2D eigenvalue weighted by Crippen LogP contribution is -2.27. The Bertz CT molecular complexity index is 273. The molecule has 0 aromatic carbocycles. The summed E-state index contributed by atoms with van der Waals surface area (Å²) in [6.07, 6.45) is 2.30. The van der Waals surface area contributed by atoms with Crippen molar-refractivity contribution in [2.24, 2.45) is 11.8 Å². The van der Waals surface area contributed by atoms with Gasteiger partial charge >= 0.3 is 0 Å². The van der Waals surface area contributed by atoms with Crippen molar-refractivity contribution in [1.29, 1.82) is 0 Å². The summed E-state index contributed by atoms with van der Waals surface area (Å²) in [6, 6.07) is 2.43. The van der Waals surface area contributed by atoms with Crippen molar-refractivity contribution in [3.05, 3.63) is 20.8 Å². The average Bonchev–Trinajstić information content (AvgIpc) is 2.53. The molecule has 1 aromatic heterocycles. The molecular formula is C10H17BrN2S. The van der Waals surface area contributed by atoms with Crippen molar-refractivity contribution in [1.82, 2.24) is 5.43 Å². The molecule has 0 aliphatic rings. The largest absolute Gasteiger partial charge is 0.271 e. The van der Waals surface area contributed by atoms with E-state index in [2.05, 4.69) is 46.6 Å². The van der Waals surface area contributed by atoms with Gasteiger partial charge in [-0.1, -0.05) is 13.8 Å². The van der Waals surface area contributed by atoms with Gasteiger partial charge in [0.2, 0.25) is 0 Å². The zero-order chi connectivity index (χ0) is 10.6. The van der Waals surface area contributed by atoms with Gasteiger partial charge in [-0.25, -0.2) is 0 Å². The molecule has 3 N–H and O–H groups in total. The molecule has 2 nitrogen and oxygen atoms in total. The topological polar surface area (TPSA) is 38.0 Å². The van der Waals surface area contributed by atoms with Gasteiger partial charge in [0.05, 0.1) is 6.04 Å². The van der Waals surface area contributed by atoms with Crippen LogP contribution in [0.15, 0.2) is 15.9 Å². The van der Waals surface area contributed by atoms with Crippen LogP contribution in [0.3, 0.4) is 0 Å². The highest BCUT2D eigenvalue weighted by Gasteiger charge is 2.12. The van der Waals surface area contributed by atoms with E-state index in [1.807, 2.05) is 0 Å². The summed E-state index contributed by atoms with van der Waals surface area (Å²) in [5, 5.41) is 2.09. The number of nitrogens with one attached hydrogen (secondary N) is 1. The maximum Gasteiger partial charge on any atom is 0.0553 e. The number of halogens is 1. The van der Waals surface area contributed by atoms with E-state index < -0.39 is 0 Å². The summed E-state index contributed by atoms with van der Waals surface area (Å²) in [5.41, 5.74) is 2.88. The second kappa shape index (κ2) is 5.85. The smallest absolute Gasteiger partial charge is 0.0553 e. The van der Waals surface area contributed by atoms with Gasteiger partial charge in [-0.2, -0.15) is 0 Å². The maximum atomic E-state index is 5.54. The Labute approximate surface area is 98.0 Å². The Morgan fingerprint density at radius 1 is 1.50 bits per heavy atom. The van der Waals surface area contributed by atoms with Crippen LogP contribution in [-0.2, 0) is 0 Å². The first kappa shape index (κ1) is 12.2. The zero-order valence-electron chi connectivity index (χ0n) is 8.59. The van der Waals surface area contributed by atoms with Gasteiger partial charge in [-0.15, -0.1) is 11.3 Å². The predicted molar refractivity (Wildman–Crippen MR) is 66.2 cm³/mol. The van der Waals surface area contributed by atoms with E-state index in [4.69, 9.17) is 5.84 Å². The van der Waals surface area contributed by atoms with Crippen LogP contribution in [0, 0.1) is 5.92 Å². The summed E-state index contributed by atoms with van der Waals surface area (Å²) in [7, 11) is 0. The minimum Gasteiger partial charge on any atom is -0.271 e. The zero-order valence-corrected chi connectivity index (χ0v) is 11.0. The molecule has 0 bridgehead atoms. The van der Waals surface area contributed by atoms with Crippen LogP contribution in [-0.4, -0.2) is 0 Å². The minimum atomic E-state index is 0.300. The van der Waals surface area contributed by atoms with E-state index in [9.17, 15) is 0 Å². The van der Waals surface area contributed by atoms with Gasteiger partial charge in [0.15, 0.2) is 0 Å². The van der Waals surface area contributed by atoms with E-state index in [-0.39, 0.29) is 0 Å². The molecule has 0 spiro atoms. The Hall–Kier alpha value is 0.1000. The van der Waals surface area contributed by atoms with Crippen LogP contribution in [0.1, 0.15) is 37.6 Å². The molecule has 0 saturated heterocycles. The third kappa shape index (κ3) is 3.69. The van der Waals surface area contributed by atoms with Gasteiger partial charge in [0.25, 0.3) is 0 Å². The van der Waals surface area contributed by atoms with Crippen LogP contribution < -0.4 is 11.3 Å². The maximum absolute atomic E-state index is 5.54. The third-order valence-corrected chi connectivity index (χ3v) is 3.97. The monoisotopic (exact) mass is 276 g/mol. The van der Waals surface area contributed by atoms with Gasteiger partial charge in [0, 0.05) is 14.7 Å². The molecule has 1 atom stereocenters. The highest BCUT2D eigenvalue weighted by molar-refractivity contribution is 9.10. The second-order valence-corrected chi connectivity index (χ2v) is 5.72. The molecule has 0 aliphatic heterocycles. The van der Waals surface area contributed by atoms with E-state index in [1.165, 1.54) is 11.3 Å². The first-order valence-electron chi connectivity index (χ1n) is 4.83. The van der Waals surface area contributed by atoms with E-state index in [1.54, 1.807) is 11.3 Å². The number of nitrogens with two attached hydrogens (primary N) is 1. The van der Waals surface area contributed by atoms with Crippen LogP contribution >= 0.6 is 27.3 Å². The lowest BCUT2D eigenvalue weighted by atomic mass is 10.0. The van der Waals surface area contributed by atoms with Crippen LogP contribution in [0.25, 0.3) is 0 Å². The normalized spacial score (nSPS) is 13.5. The minimum absolute atomic E-state index is 0.300. The number of hydrogen-bond acceptors (Lipinski definition) is 3. The summed E-state index contributed by atoms with van der Waals surface area (Å²) >= 11 is 5.20. The fraction of sp³-hybridized carbons (Fsp3) is 0.600. The lowest BCUT2D eigenvalue weighted by molar-refractivity contribution is 0.453. The standard InChI is InChI=1S/C10H17BrN2S/c1-7(2)3-4-9(13-12)10-5-8(11)6-14-10/h5-7,9,13H,3-4,12H2,1-2H3. The Kier molecular flexibility index (Phi) is 5.09. The molecule has 0 amide bonds. The van der Waals surface area contributed by atoms with Crippen molar-refractivity contribution in [2.45, 2.75) is 32.7 Å². The van der Waals surface area contributed by atoms with Gasteiger partial charge in [-0.05, 0) is 40.8 Å². The van der Waals surface area contributed by atoms with Crippen LogP contribution in [0.2, 0.25) is 0 Å². The third-order valence-electron chi connectivity index (χ3n) is 2.17. The second-order valence-electron chi connectivity index (χ2n) is 3.86. The first-order valence-corrected chi connectivity index (χ1v) is 6.50. The van der Waals surface area contributed by atoms with E-state index in [0.29, 0.717) is 6.04 Å². The first-order chi connectivity index (χ1) is 6.63. The Morgan fingerprint density at radius 3 is 2.64 bits per heavy atom. The van der Waals surface area contributed by atoms with Crippen LogP contribution in [0.4, 0.5) is 0 Å². The number of rotatable bonds is 5. The Balaban J connectivity index is 2.54. The number of hydrogen-bond donors (Lipinski definition) is 2. The molecule has 0 aliphatic carbocycles. The molecule has 0 saturated carbocycles. The molecule has 1 aromatic rings. The quantitative estimate of drug-likeness (QED) is 0.639. The van der Waals surface area contributed by atoms with Crippen molar-refractivity contribution in [3.8, 4) is 0 Å². The van der Waals surface area contributed by atoms with E-state index >= 15 is 0 Å². The lowest BCUT2D eigenvalue weighted by Gasteiger charge is -2.15. The Morgan fingerprint density at radius 2 is 2.21 bits per heavy atom. The van der Waals surface area contributed by atoms with E-state index in [0.717, 1.165) is 16.8 Å². The molecular weight excluding hydrogens is 260 g/mol. The molecule has 14 heavy (non-hydrogen) atoms. The highest BCUT2D eigenvalue weighted by Crippen LogP contribution is 2.28. The summed E-state index contributed by atoms with van der Waals surface area (Å²) in [6.45, 7) is 4.47. The molecule has 1 unspecified atom stereocenters. The summed E-state index contributed by atoms with van der Waals surface area (Å²) in [5.74, 6) is 6.27. The summed E-state index contributed by atoms with van der Waals surface area (Å²) in [4.78, 5) is 1.31. The molecule has 1 heterocycles. The number of hydrazine groups is 1. The SMILES string of the molecule is CC(C)CCC(NN)c1cc(Br)cs1. The number of thiophene rings is 1.